The maximum atomic E-state index is 10.9. The van der Waals surface area contributed by atoms with Crippen LogP contribution in [-0.4, -0.2) is 23.7 Å². The second-order valence-electron chi connectivity index (χ2n) is 5.23. The molecule has 1 fully saturated rings. The Morgan fingerprint density at radius 2 is 2.33 bits per heavy atom. The SMILES string of the molecule is CC1Cc2ccc(C3CC(C(=O)O)CN3)cc2O1. The monoisotopic (exact) mass is 247 g/mol. The third-order valence-corrected chi connectivity index (χ3v) is 3.81. The van der Waals surface area contributed by atoms with Crippen molar-refractivity contribution in [1.82, 2.24) is 5.32 Å². The van der Waals surface area contributed by atoms with Crippen molar-refractivity contribution in [1.29, 1.82) is 0 Å². The van der Waals surface area contributed by atoms with E-state index in [0.29, 0.717) is 13.0 Å². The maximum Gasteiger partial charge on any atom is 0.307 e. The molecular formula is C14H17NO3. The number of aliphatic carboxylic acids is 1. The zero-order valence-electron chi connectivity index (χ0n) is 10.3. The molecule has 3 atom stereocenters. The van der Waals surface area contributed by atoms with Crippen LogP contribution < -0.4 is 10.1 Å². The number of carboxylic acids is 1. The summed E-state index contributed by atoms with van der Waals surface area (Å²) >= 11 is 0. The Morgan fingerprint density at radius 3 is 3.06 bits per heavy atom. The summed E-state index contributed by atoms with van der Waals surface area (Å²) in [5.41, 5.74) is 2.38. The minimum absolute atomic E-state index is 0.135. The third-order valence-electron chi connectivity index (χ3n) is 3.81. The standard InChI is InChI=1S/C14H17NO3/c1-8-4-10-3-2-9(6-13(10)18-8)12-5-11(7-15-12)14(16)17/h2-3,6,8,11-12,15H,4-5,7H2,1H3,(H,16,17). The van der Waals surface area contributed by atoms with Gasteiger partial charge >= 0.3 is 5.97 Å². The van der Waals surface area contributed by atoms with Gasteiger partial charge in [-0.1, -0.05) is 12.1 Å². The van der Waals surface area contributed by atoms with Gasteiger partial charge < -0.3 is 15.2 Å². The Bertz CT molecular complexity index is 486. The largest absolute Gasteiger partial charge is 0.490 e. The summed E-state index contributed by atoms with van der Waals surface area (Å²) in [4.78, 5) is 10.9. The van der Waals surface area contributed by atoms with E-state index in [9.17, 15) is 4.79 Å². The molecule has 2 N–H and O–H groups in total. The van der Waals surface area contributed by atoms with E-state index in [1.807, 2.05) is 0 Å². The molecule has 0 radical (unpaired) electrons. The van der Waals surface area contributed by atoms with Crippen LogP contribution in [0, 0.1) is 5.92 Å². The van der Waals surface area contributed by atoms with E-state index in [2.05, 4.69) is 30.4 Å². The molecule has 0 saturated carbocycles. The van der Waals surface area contributed by atoms with Gasteiger partial charge in [-0.3, -0.25) is 4.79 Å². The van der Waals surface area contributed by atoms with Crippen LogP contribution >= 0.6 is 0 Å². The topological polar surface area (TPSA) is 58.6 Å². The number of fused-ring (bicyclic) bond motifs is 1. The summed E-state index contributed by atoms with van der Waals surface area (Å²) in [6.45, 7) is 2.61. The van der Waals surface area contributed by atoms with Gasteiger partial charge in [0.05, 0.1) is 5.92 Å². The molecule has 4 heteroatoms. The quantitative estimate of drug-likeness (QED) is 0.836. The minimum atomic E-state index is -0.712. The van der Waals surface area contributed by atoms with Gasteiger partial charge in [0.1, 0.15) is 11.9 Å². The van der Waals surface area contributed by atoms with Crippen LogP contribution in [0.2, 0.25) is 0 Å². The van der Waals surface area contributed by atoms with E-state index >= 15 is 0 Å². The molecule has 0 amide bonds. The molecule has 0 bridgehead atoms. The molecule has 3 rings (SSSR count). The van der Waals surface area contributed by atoms with Gasteiger partial charge in [0, 0.05) is 19.0 Å². The maximum absolute atomic E-state index is 10.9. The molecule has 1 aromatic rings. The molecule has 0 spiro atoms. The van der Waals surface area contributed by atoms with Crippen LogP contribution in [-0.2, 0) is 11.2 Å². The van der Waals surface area contributed by atoms with Crippen molar-refractivity contribution >= 4 is 5.97 Å². The second kappa shape index (κ2) is 4.28. The Kier molecular flexibility index (Phi) is 2.74. The summed E-state index contributed by atoms with van der Waals surface area (Å²) in [5.74, 6) is -0.0281. The number of carboxylic acid groups (broad SMARTS) is 1. The normalized spacial score (nSPS) is 29.9. The van der Waals surface area contributed by atoms with Gasteiger partial charge in [-0.2, -0.15) is 0 Å². The number of carbonyl (C=O) groups is 1. The van der Waals surface area contributed by atoms with Gasteiger partial charge in [-0.05, 0) is 30.5 Å². The van der Waals surface area contributed by atoms with E-state index in [1.54, 1.807) is 0 Å². The molecular weight excluding hydrogens is 230 g/mol. The highest BCUT2D eigenvalue weighted by Gasteiger charge is 2.31. The van der Waals surface area contributed by atoms with Gasteiger partial charge in [0.25, 0.3) is 0 Å². The first kappa shape index (κ1) is 11.5. The fourth-order valence-corrected chi connectivity index (χ4v) is 2.81. The van der Waals surface area contributed by atoms with Crippen molar-refractivity contribution in [3.63, 3.8) is 0 Å². The number of hydrogen-bond donors (Lipinski definition) is 2. The first-order chi connectivity index (χ1) is 8.63. The summed E-state index contributed by atoms with van der Waals surface area (Å²) in [6.07, 6.45) is 1.87. The van der Waals surface area contributed by atoms with E-state index in [4.69, 9.17) is 9.84 Å². The van der Waals surface area contributed by atoms with Crippen LogP contribution in [0.3, 0.4) is 0 Å². The summed E-state index contributed by atoms with van der Waals surface area (Å²) in [6, 6.07) is 6.38. The predicted octanol–water partition coefficient (Wildman–Crippen LogP) is 1.75. The lowest BCUT2D eigenvalue weighted by molar-refractivity contribution is -0.141. The lowest BCUT2D eigenvalue weighted by atomic mass is 9.98. The van der Waals surface area contributed by atoms with E-state index in [-0.39, 0.29) is 18.1 Å². The summed E-state index contributed by atoms with van der Waals surface area (Å²) in [7, 11) is 0. The van der Waals surface area contributed by atoms with Crippen molar-refractivity contribution in [3.8, 4) is 5.75 Å². The highest BCUT2D eigenvalue weighted by Crippen LogP contribution is 2.34. The Morgan fingerprint density at radius 1 is 1.50 bits per heavy atom. The molecule has 3 unspecified atom stereocenters. The Balaban J connectivity index is 1.78. The summed E-state index contributed by atoms with van der Waals surface area (Å²) in [5, 5.41) is 12.3. The molecule has 18 heavy (non-hydrogen) atoms. The lowest BCUT2D eigenvalue weighted by Gasteiger charge is -2.12. The van der Waals surface area contributed by atoms with Gasteiger partial charge in [-0.15, -0.1) is 0 Å². The van der Waals surface area contributed by atoms with Crippen molar-refractivity contribution in [3.05, 3.63) is 29.3 Å². The third kappa shape index (κ3) is 1.97. The van der Waals surface area contributed by atoms with Crippen LogP contribution in [0.5, 0.6) is 5.75 Å². The molecule has 2 heterocycles. The van der Waals surface area contributed by atoms with E-state index < -0.39 is 5.97 Å². The average molecular weight is 247 g/mol. The molecule has 96 valence electrons. The Labute approximate surface area is 106 Å². The van der Waals surface area contributed by atoms with Gasteiger partial charge in [-0.25, -0.2) is 0 Å². The second-order valence-corrected chi connectivity index (χ2v) is 5.23. The average Bonchev–Trinajstić information content (AvgIpc) is 2.91. The molecule has 0 aliphatic carbocycles. The molecule has 1 aromatic carbocycles. The van der Waals surface area contributed by atoms with Crippen molar-refractivity contribution in [2.24, 2.45) is 5.92 Å². The first-order valence-corrected chi connectivity index (χ1v) is 6.39. The van der Waals surface area contributed by atoms with Crippen molar-refractivity contribution in [2.45, 2.75) is 31.9 Å². The van der Waals surface area contributed by atoms with Gasteiger partial charge in [0.2, 0.25) is 0 Å². The van der Waals surface area contributed by atoms with Crippen molar-refractivity contribution < 1.29 is 14.6 Å². The molecule has 2 aliphatic rings. The van der Waals surface area contributed by atoms with Crippen LogP contribution in [0.15, 0.2) is 18.2 Å². The highest BCUT2D eigenvalue weighted by molar-refractivity contribution is 5.70. The smallest absolute Gasteiger partial charge is 0.307 e. The van der Waals surface area contributed by atoms with E-state index in [0.717, 1.165) is 17.7 Å². The fourth-order valence-electron chi connectivity index (χ4n) is 2.81. The fraction of sp³-hybridized carbons (Fsp3) is 0.500. The number of benzene rings is 1. The molecule has 0 aromatic heterocycles. The van der Waals surface area contributed by atoms with Gasteiger partial charge in [0.15, 0.2) is 0 Å². The van der Waals surface area contributed by atoms with Crippen LogP contribution in [0.1, 0.15) is 30.5 Å². The van der Waals surface area contributed by atoms with Crippen molar-refractivity contribution in [2.75, 3.05) is 6.54 Å². The molecule has 1 saturated heterocycles. The molecule has 4 nitrogen and oxygen atoms in total. The van der Waals surface area contributed by atoms with Crippen LogP contribution in [0.25, 0.3) is 0 Å². The number of hydrogen-bond acceptors (Lipinski definition) is 3. The number of nitrogens with one attached hydrogen (secondary N) is 1. The highest BCUT2D eigenvalue weighted by atomic mass is 16.5. The number of rotatable bonds is 2. The van der Waals surface area contributed by atoms with E-state index in [1.165, 1.54) is 5.56 Å². The minimum Gasteiger partial charge on any atom is -0.490 e. The lowest BCUT2D eigenvalue weighted by Crippen LogP contribution is -2.17. The number of ether oxygens (including phenoxy) is 1. The predicted molar refractivity (Wildman–Crippen MR) is 66.7 cm³/mol. The Hall–Kier alpha value is -1.55. The zero-order chi connectivity index (χ0) is 12.7. The zero-order valence-corrected chi connectivity index (χ0v) is 10.3. The van der Waals surface area contributed by atoms with Crippen LogP contribution in [0.4, 0.5) is 0 Å². The molecule has 2 aliphatic heterocycles. The first-order valence-electron chi connectivity index (χ1n) is 6.39. The summed E-state index contributed by atoms with van der Waals surface area (Å²) < 4.78 is 5.74.